The summed E-state index contributed by atoms with van der Waals surface area (Å²) in [7, 11) is 1.56. The van der Waals surface area contributed by atoms with Crippen LogP contribution in [0.1, 0.15) is 12.5 Å². The van der Waals surface area contributed by atoms with Crippen LogP contribution in [0.5, 0.6) is 11.5 Å². The highest BCUT2D eigenvalue weighted by atomic mass is 16.6. The standard InChI is InChI=1S/C17H16N2O5/c1-11-17(20)18(10-12-5-3-4-6-15(12)23-2)14-9-13(19(21)22)7-8-16(14)24-11/h3-9,11H,10H2,1-2H3. The molecule has 1 amide bonds. The topological polar surface area (TPSA) is 81.9 Å². The van der Waals surface area contributed by atoms with Gasteiger partial charge in [-0.15, -0.1) is 0 Å². The van der Waals surface area contributed by atoms with E-state index < -0.39 is 11.0 Å². The Bertz CT molecular complexity index is 805. The van der Waals surface area contributed by atoms with Gasteiger partial charge in [0.1, 0.15) is 11.5 Å². The number of nitro benzene ring substituents is 1. The van der Waals surface area contributed by atoms with Gasteiger partial charge >= 0.3 is 0 Å². The molecule has 1 heterocycles. The van der Waals surface area contributed by atoms with Crippen LogP contribution in [0.3, 0.4) is 0 Å². The number of hydrogen-bond acceptors (Lipinski definition) is 5. The summed E-state index contributed by atoms with van der Waals surface area (Å²) in [4.78, 5) is 24.6. The fourth-order valence-corrected chi connectivity index (χ4v) is 2.68. The zero-order valence-corrected chi connectivity index (χ0v) is 13.3. The molecule has 124 valence electrons. The second-order valence-electron chi connectivity index (χ2n) is 5.41. The van der Waals surface area contributed by atoms with Crippen molar-refractivity contribution < 1.29 is 19.2 Å². The average Bonchev–Trinajstić information content (AvgIpc) is 2.58. The molecule has 0 saturated carbocycles. The van der Waals surface area contributed by atoms with Gasteiger partial charge in [-0.3, -0.25) is 14.9 Å². The smallest absolute Gasteiger partial charge is 0.271 e. The lowest BCUT2D eigenvalue weighted by Crippen LogP contribution is -2.44. The van der Waals surface area contributed by atoms with Gasteiger partial charge in [0.15, 0.2) is 6.10 Å². The predicted octanol–water partition coefficient (Wildman–Crippen LogP) is 2.92. The molecule has 0 bridgehead atoms. The molecular formula is C17H16N2O5. The van der Waals surface area contributed by atoms with Gasteiger partial charge in [-0.1, -0.05) is 18.2 Å². The Morgan fingerprint density at radius 3 is 2.75 bits per heavy atom. The fraction of sp³-hybridized carbons (Fsp3) is 0.235. The van der Waals surface area contributed by atoms with Gasteiger partial charge in [0.2, 0.25) is 0 Å². The number of nitro groups is 1. The minimum absolute atomic E-state index is 0.0928. The highest BCUT2D eigenvalue weighted by Gasteiger charge is 2.33. The predicted molar refractivity (Wildman–Crippen MR) is 87.4 cm³/mol. The maximum Gasteiger partial charge on any atom is 0.271 e. The molecule has 1 atom stereocenters. The zero-order chi connectivity index (χ0) is 17.3. The molecule has 2 aromatic rings. The van der Waals surface area contributed by atoms with Gasteiger partial charge in [0.25, 0.3) is 11.6 Å². The number of anilines is 1. The number of carbonyl (C=O) groups is 1. The molecule has 2 aromatic carbocycles. The SMILES string of the molecule is COc1ccccc1CN1C(=O)C(C)Oc2ccc([N+](=O)[O-])cc21. The van der Waals surface area contributed by atoms with Crippen molar-refractivity contribution in [1.29, 1.82) is 0 Å². The third-order valence-electron chi connectivity index (χ3n) is 3.88. The minimum atomic E-state index is -0.659. The molecule has 0 fully saturated rings. The van der Waals surface area contributed by atoms with E-state index in [2.05, 4.69) is 0 Å². The number of non-ortho nitro benzene ring substituents is 1. The van der Waals surface area contributed by atoms with Crippen molar-refractivity contribution in [3.05, 3.63) is 58.1 Å². The van der Waals surface area contributed by atoms with Crippen LogP contribution >= 0.6 is 0 Å². The summed E-state index contributed by atoms with van der Waals surface area (Å²) in [6.45, 7) is 1.90. The van der Waals surface area contributed by atoms with Gasteiger partial charge in [-0.25, -0.2) is 0 Å². The normalized spacial score (nSPS) is 16.3. The number of methoxy groups -OCH3 is 1. The van der Waals surface area contributed by atoms with Gasteiger partial charge in [0.05, 0.1) is 24.3 Å². The molecule has 0 aliphatic carbocycles. The molecule has 1 unspecified atom stereocenters. The Labute approximate surface area is 138 Å². The van der Waals surface area contributed by atoms with Crippen LogP contribution in [0, 0.1) is 10.1 Å². The van der Waals surface area contributed by atoms with Crippen molar-refractivity contribution in [3.8, 4) is 11.5 Å². The second kappa shape index (κ2) is 6.19. The first-order valence-corrected chi connectivity index (χ1v) is 7.39. The highest BCUT2D eigenvalue weighted by Crippen LogP contribution is 2.38. The van der Waals surface area contributed by atoms with Crippen molar-refractivity contribution in [2.24, 2.45) is 0 Å². The van der Waals surface area contributed by atoms with Gasteiger partial charge in [0, 0.05) is 17.7 Å². The van der Waals surface area contributed by atoms with E-state index in [9.17, 15) is 14.9 Å². The lowest BCUT2D eigenvalue weighted by atomic mass is 10.1. The molecule has 24 heavy (non-hydrogen) atoms. The van der Waals surface area contributed by atoms with E-state index in [0.29, 0.717) is 17.2 Å². The van der Waals surface area contributed by atoms with Crippen LogP contribution in [0.2, 0.25) is 0 Å². The quantitative estimate of drug-likeness (QED) is 0.636. The van der Waals surface area contributed by atoms with Gasteiger partial charge in [-0.2, -0.15) is 0 Å². The molecule has 7 nitrogen and oxygen atoms in total. The van der Waals surface area contributed by atoms with Gasteiger partial charge in [-0.05, 0) is 19.1 Å². The van der Waals surface area contributed by atoms with Crippen LogP contribution < -0.4 is 14.4 Å². The molecule has 0 radical (unpaired) electrons. The first-order valence-electron chi connectivity index (χ1n) is 7.39. The molecular weight excluding hydrogens is 312 g/mol. The van der Waals surface area contributed by atoms with Crippen LogP contribution in [-0.4, -0.2) is 24.0 Å². The summed E-state index contributed by atoms with van der Waals surface area (Å²) in [5.41, 5.74) is 1.10. The number of para-hydroxylation sites is 1. The third kappa shape index (κ3) is 2.76. The number of amides is 1. The third-order valence-corrected chi connectivity index (χ3v) is 3.88. The highest BCUT2D eigenvalue weighted by molar-refractivity contribution is 6.00. The van der Waals surface area contributed by atoms with Crippen LogP contribution in [0.15, 0.2) is 42.5 Å². The fourth-order valence-electron chi connectivity index (χ4n) is 2.68. The monoisotopic (exact) mass is 328 g/mol. The summed E-state index contributed by atoms with van der Waals surface area (Å²) < 4.78 is 10.9. The number of rotatable bonds is 4. The molecule has 0 aromatic heterocycles. The number of nitrogens with zero attached hydrogens (tertiary/aromatic N) is 2. The van der Waals surface area contributed by atoms with E-state index in [-0.39, 0.29) is 18.1 Å². The van der Waals surface area contributed by atoms with Crippen molar-refractivity contribution in [2.75, 3.05) is 12.0 Å². The molecule has 0 N–H and O–H groups in total. The largest absolute Gasteiger partial charge is 0.496 e. The Kier molecular flexibility index (Phi) is 4.07. The van der Waals surface area contributed by atoms with Crippen LogP contribution in [0.4, 0.5) is 11.4 Å². The maximum absolute atomic E-state index is 12.6. The molecule has 0 spiro atoms. The van der Waals surface area contributed by atoms with Crippen molar-refractivity contribution in [1.82, 2.24) is 0 Å². The molecule has 1 aliphatic heterocycles. The minimum Gasteiger partial charge on any atom is -0.496 e. The Balaban J connectivity index is 2.05. The maximum atomic E-state index is 12.6. The summed E-state index contributed by atoms with van der Waals surface area (Å²) in [5, 5.41) is 11.0. The van der Waals surface area contributed by atoms with E-state index in [4.69, 9.17) is 9.47 Å². The van der Waals surface area contributed by atoms with Crippen LogP contribution in [0.25, 0.3) is 0 Å². The van der Waals surface area contributed by atoms with E-state index in [0.717, 1.165) is 5.56 Å². The number of ether oxygens (including phenoxy) is 2. The number of hydrogen-bond donors (Lipinski definition) is 0. The lowest BCUT2D eigenvalue weighted by molar-refractivity contribution is -0.384. The van der Waals surface area contributed by atoms with E-state index in [1.54, 1.807) is 20.1 Å². The second-order valence-corrected chi connectivity index (χ2v) is 5.41. The summed E-state index contributed by atoms with van der Waals surface area (Å²) in [5.74, 6) is 0.841. The van der Waals surface area contributed by atoms with Crippen molar-refractivity contribution in [3.63, 3.8) is 0 Å². The summed E-state index contributed by atoms with van der Waals surface area (Å²) in [6, 6.07) is 11.6. The van der Waals surface area contributed by atoms with Crippen molar-refractivity contribution in [2.45, 2.75) is 19.6 Å². The Hall–Kier alpha value is -3.09. The molecule has 0 saturated heterocycles. The van der Waals surface area contributed by atoms with E-state index in [1.807, 2.05) is 18.2 Å². The van der Waals surface area contributed by atoms with Crippen molar-refractivity contribution >= 4 is 17.3 Å². The summed E-state index contributed by atoms with van der Waals surface area (Å²) in [6.07, 6.45) is -0.659. The Morgan fingerprint density at radius 1 is 1.29 bits per heavy atom. The van der Waals surface area contributed by atoms with E-state index >= 15 is 0 Å². The number of carbonyl (C=O) groups excluding carboxylic acids is 1. The number of benzene rings is 2. The molecule has 1 aliphatic rings. The average molecular weight is 328 g/mol. The Morgan fingerprint density at radius 2 is 2.04 bits per heavy atom. The van der Waals surface area contributed by atoms with Crippen LogP contribution in [-0.2, 0) is 11.3 Å². The molecule has 7 heteroatoms. The summed E-state index contributed by atoms with van der Waals surface area (Å²) >= 11 is 0. The zero-order valence-electron chi connectivity index (χ0n) is 13.3. The first-order chi connectivity index (χ1) is 11.5. The van der Waals surface area contributed by atoms with Gasteiger partial charge < -0.3 is 14.4 Å². The van der Waals surface area contributed by atoms with E-state index in [1.165, 1.54) is 23.1 Å². The number of fused-ring (bicyclic) bond motifs is 1. The first kappa shape index (κ1) is 15.8. The lowest BCUT2D eigenvalue weighted by Gasteiger charge is -2.33. The molecule has 3 rings (SSSR count).